The van der Waals surface area contributed by atoms with Crippen LogP contribution >= 0.6 is 0 Å². The molecule has 1 aromatic carbocycles. The van der Waals surface area contributed by atoms with Crippen molar-refractivity contribution >= 4 is 0 Å². The molecule has 1 fully saturated rings. The molecule has 2 heteroatoms. The van der Waals surface area contributed by atoms with E-state index in [2.05, 4.69) is 56.9 Å². The van der Waals surface area contributed by atoms with Crippen LogP contribution in [0.15, 0.2) is 24.3 Å². The van der Waals surface area contributed by atoms with E-state index in [1.165, 1.54) is 36.9 Å². The SMILES string of the molecule is Cc1cccc(C(C(C)N)N(CCC(C)C)C2CC2)c1. The Morgan fingerprint density at radius 2 is 1.95 bits per heavy atom. The highest BCUT2D eigenvalue weighted by molar-refractivity contribution is 5.26. The van der Waals surface area contributed by atoms with Crippen molar-refractivity contribution in [1.29, 1.82) is 0 Å². The lowest BCUT2D eigenvalue weighted by Crippen LogP contribution is -2.41. The van der Waals surface area contributed by atoms with Gasteiger partial charge in [0.25, 0.3) is 0 Å². The maximum atomic E-state index is 6.35. The van der Waals surface area contributed by atoms with E-state index in [9.17, 15) is 0 Å². The van der Waals surface area contributed by atoms with Gasteiger partial charge in [0.2, 0.25) is 0 Å². The Labute approximate surface area is 124 Å². The van der Waals surface area contributed by atoms with E-state index >= 15 is 0 Å². The Morgan fingerprint density at radius 3 is 2.45 bits per heavy atom. The molecule has 0 spiro atoms. The van der Waals surface area contributed by atoms with Gasteiger partial charge in [-0.2, -0.15) is 0 Å². The predicted octanol–water partition coefficient (Wildman–Crippen LogP) is 3.89. The molecule has 0 bridgehead atoms. The molecular weight excluding hydrogens is 244 g/mol. The first-order valence-electron chi connectivity index (χ1n) is 8.07. The Balaban J connectivity index is 2.20. The van der Waals surface area contributed by atoms with Crippen LogP contribution < -0.4 is 5.73 Å². The minimum Gasteiger partial charge on any atom is -0.326 e. The number of hydrogen-bond donors (Lipinski definition) is 1. The molecule has 2 atom stereocenters. The zero-order chi connectivity index (χ0) is 14.7. The van der Waals surface area contributed by atoms with Crippen molar-refractivity contribution in [1.82, 2.24) is 4.90 Å². The maximum absolute atomic E-state index is 6.35. The third-order valence-corrected chi connectivity index (χ3v) is 4.22. The van der Waals surface area contributed by atoms with Gasteiger partial charge in [0, 0.05) is 18.1 Å². The number of hydrogen-bond acceptors (Lipinski definition) is 2. The maximum Gasteiger partial charge on any atom is 0.0499 e. The molecule has 2 unspecified atom stereocenters. The van der Waals surface area contributed by atoms with E-state index in [-0.39, 0.29) is 6.04 Å². The highest BCUT2D eigenvalue weighted by atomic mass is 15.2. The first kappa shape index (κ1) is 15.5. The highest BCUT2D eigenvalue weighted by Crippen LogP contribution is 2.36. The van der Waals surface area contributed by atoms with Gasteiger partial charge < -0.3 is 5.73 Å². The summed E-state index contributed by atoms with van der Waals surface area (Å²) in [5.41, 5.74) is 9.06. The first-order valence-corrected chi connectivity index (χ1v) is 8.07. The van der Waals surface area contributed by atoms with Crippen LogP contribution in [0.5, 0.6) is 0 Å². The largest absolute Gasteiger partial charge is 0.326 e. The molecule has 0 heterocycles. The summed E-state index contributed by atoms with van der Waals surface area (Å²) >= 11 is 0. The van der Waals surface area contributed by atoms with E-state index in [4.69, 9.17) is 5.73 Å². The van der Waals surface area contributed by atoms with Crippen LogP contribution in [-0.2, 0) is 0 Å². The van der Waals surface area contributed by atoms with Gasteiger partial charge in [-0.15, -0.1) is 0 Å². The molecule has 2 rings (SSSR count). The third kappa shape index (κ3) is 4.07. The predicted molar refractivity (Wildman–Crippen MR) is 86.8 cm³/mol. The summed E-state index contributed by atoms with van der Waals surface area (Å²) in [7, 11) is 0. The van der Waals surface area contributed by atoms with Gasteiger partial charge in [-0.05, 0) is 51.1 Å². The lowest BCUT2D eigenvalue weighted by molar-refractivity contribution is 0.157. The van der Waals surface area contributed by atoms with Crippen LogP contribution in [0.3, 0.4) is 0 Å². The zero-order valence-electron chi connectivity index (χ0n) is 13.5. The number of rotatable bonds is 7. The van der Waals surface area contributed by atoms with Crippen molar-refractivity contribution in [3.05, 3.63) is 35.4 Å². The van der Waals surface area contributed by atoms with Crippen molar-refractivity contribution in [3.63, 3.8) is 0 Å². The molecule has 1 aromatic rings. The van der Waals surface area contributed by atoms with E-state index < -0.39 is 0 Å². The first-order chi connectivity index (χ1) is 9.49. The smallest absolute Gasteiger partial charge is 0.0499 e. The molecule has 0 aromatic heterocycles. The van der Waals surface area contributed by atoms with Crippen LogP contribution in [0.4, 0.5) is 0 Å². The lowest BCUT2D eigenvalue weighted by atomic mass is 9.96. The molecule has 1 aliphatic carbocycles. The molecule has 1 saturated carbocycles. The van der Waals surface area contributed by atoms with Gasteiger partial charge in [0.15, 0.2) is 0 Å². The Morgan fingerprint density at radius 1 is 1.25 bits per heavy atom. The zero-order valence-corrected chi connectivity index (χ0v) is 13.5. The minimum atomic E-state index is 0.171. The fourth-order valence-electron chi connectivity index (χ4n) is 3.01. The molecular formula is C18H30N2. The van der Waals surface area contributed by atoms with E-state index in [1.54, 1.807) is 0 Å². The quantitative estimate of drug-likeness (QED) is 0.817. The Hall–Kier alpha value is -0.860. The summed E-state index contributed by atoms with van der Waals surface area (Å²) in [6.45, 7) is 10.1. The second-order valence-electron chi connectivity index (χ2n) is 6.87. The number of benzene rings is 1. The summed E-state index contributed by atoms with van der Waals surface area (Å²) in [4.78, 5) is 2.67. The summed E-state index contributed by atoms with van der Waals surface area (Å²) < 4.78 is 0. The van der Waals surface area contributed by atoms with Crippen LogP contribution in [0, 0.1) is 12.8 Å². The average Bonchev–Trinajstić information content (AvgIpc) is 3.17. The highest BCUT2D eigenvalue weighted by Gasteiger charge is 2.35. The lowest BCUT2D eigenvalue weighted by Gasteiger charge is -2.35. The molecule has 112 valence electrons. The van der Waals surface area contributed by atoms with E-state index in [0.29, 0.717) is 6.04 Å². The van der Waals surface area contributed by atoms with Crippen molar-refractivity contribution in [2.45, 2.75) is 65.1 Å². The summed E-state index contributed by atoms with van der Waals surface area (Å²) in [5.74, 6) is 0.752. The topological polar surface area (TPSA) is 29.3 Å². The Kier molecular flexibility index (Phi) is 5.22. The van der Waals surface area contributed by atoms with Crippen molar-refractivity contribution in [3.8, 4) is 0 Å². The molecule has 2 nitrogen and oxygen atoms in total. The van der Waals surface area contributed by atoms with Crippen LogP contribution in [0.25, 0.3) is 0 Å². The van der Waals surface area contributed by atoms with Crippen molar-refractivity contribution < 1.29 is 0 Å². The second-order valence-corrected chi connectivity index (χ2v) is 6.87. The molecule has 0 saturated heterocycles. The number of nitrogens with zero attached hydrogens (tertiary/aromatic N) is 1. The van der Waals surface area contributed by atoms with Crippen LogP contribution in [0.1, 0.15) is 57.2 Å². The summed E-state index contributed by atoms with van der Waals surface area (Å²) in [5, 5.41) is 0. The fourth-order valence-corrected chi connectivity index (χ4v) is 3.01. The third-order valence-electron chi connectivity index (χ3n) is 4.22. The number of nitrogens with two attached hydrogens (primary N) is 1. The normalized spacial score (nSPS) is 18.6. The Bertz CT molecular complexity index is 421. The van der Waals surface area contributed by atoms with Gasteiger partial charge in [0.1, 0.15) is 0 Å². The fraction of sp³-hybridized carbons (Fsp3) is 0.667. The summed E-state index contributed by atoms with van der Waals surface area (Å²) in [6.07, 6.45) is 3.94. The molecule has 0 amide bonds. The van der Waals surface area contributed by atoms with Crippen molar-refractivity contribution in [2.24, 2.45) is 11.7 Å². The minimum absolute atomic E-state index is 0.171. The molecule has 20 heavy (non-hydrogen) atoms. The monoisotopic (exact) mass is 274 g/mol. The van der Waals surface area contributed by atoms with Gasteiger partial charge in [0.05, 0.1) is 0 Å². The van der Waals surface area contributed by atoms with E-state index in [1.807, 2.05) is 0 Å². The summed E-state index contributed by atoms with van der Waals surface area (Å²) in [6, 6.07) is 10.2. The molecule has 1 aliphatic rings. The molecule has 0 radical (unpaired) electrons. The second kappa shape index (κ2) is 6.73. The van der Waals surface area contributed by atoms with Crippen LogP contribution in [-0.4, -0.2) is 23.5 Å². The van der Waals surface area contributed by atoms with Gasteiger partial charge in [-0.25, -0.2) is 0 Å². The van der Waals surface area contributed by atoms with Gasteiger partial charge >= 0.3 is 0 Å². The standard InChI is InChI=1S/C18H30N2/c1-13(2)10-11-20(17-8-9-17)18(15(4)19)16-7-5-6-14(3)12-16/h5-7,12-13,15,17-18H,8-11,19H2,1-4H3. The van der Waals surface area contributed by atoms with E-state index in [0.717, 1.165) is 12.0 Å². The van der Waals surface area contributed by atoms with Crippen molar-refractivity contribution in [2.75, 3.05) is 6.54 Å². The number of aryl methyl sites for hydroxylation is 1. The molecule has 0 aliphatic heterocycles. The van der Waals surface area contributed by atoms with Crippen LogP contribution in [0.2, 0.25) is 0 Å². The van der Waals surface area contributed by atoms with Gasteiger partial charge in [-0.1, -0.05) is 43.7 Å². The van der Waals surface area contributed by atoms with Gasteiger partial charge in [-0.3, -0.25) is 4.90 Å². The average molecular weight is 274 g/mol. The molecule has 2 N–H and O–H groups in total.